The summed E-state index contributed by atoms with van der Waals surface area (Å²) in [4.78, 5) is 24.7. The average molecular weight is 285 g/mol. The highest BCUT2D eigenvalue weighted by Gasteiger charge is 2.29. The van der Waals surface area contributed by atoms with E-state index in [2.05, 4.69) is 6.92 Å². The number of amides is 1. The number of carbonyl (C=O) groups excluding carboxylic acids is 2. The Bertz CT molecular complexity index is 319. The third-order valence-electron chi connectivity index (χ3n) is 3.91. The summed E-state index contributed by atoms with van der Waals surface area (Å²) in [5.41, 5.74) is 0. The largest absolute Gasteiger partial charge is 0.466 e. The number of rotatable bonds is 9. The van der Waals surface area contributed by atoms with Gasteiger partial charge in [-0.05, 0) is 32.1 Å². The van der Waals surface area contributed by atoms with Crippen molar-refractivity contribution in [3.8, 4) is 0 Å². The summed E-state index contributed by atoms with van der Waals surface area (Å²) in [5, 5.41) is 9.23. The lowest BCUT2D eigenvalue weighted by atomic mass is 10.00. The Morgan fingerprint density at radius 2 is 2.25 bits per heavy atom. The monoisotopic (exact) mass is 285 g/mol. The minimum atomic E-state index is -0.130. The van der Waals surface area contributed by atoms with Crippen LogP contribution in [0.25, 0.3) is 0 Å². The van der Waals surface area contributed by atoms with E-state index >= 15 is 0 Å². The number of aliphatic hydroxyl groups is 1. The van der Waals surface area contributed by atoms with E-state index in [1.54, 1.807) is 0 Å². The lowest BCUT2D eigenvalue weighted by molar-refractivity contribution is -0.143. The second kappa shape index (κ2) is 8.95. The van der Waals surface area contributed by atoms with Gasteiger partial charge >= 0.3 is 5.97 Å². The van der Waals surface area contributed by atoms with Gasteiger partial charge in [0.15, 0.2) is 0 Å². The third kappa shape index (κ3) is 5.49. The molecule has 1 amide bonds. The molecule has 1 N–H and O–H groups in total. The van der Waals surface area contributed by atoms with Crippen molar-refractivity contribution in [3.63, 3.8) is 0 Å². The van der Waals surface area contributed by atoms with Gasteiger partial charge in [-0.15, -0.1) is 0 Å². The number of ether oxygens (including phenoxy) is 1. The summed E-state index contributed by atoms with van der Waals surface area (Å²) in [6.45, 7) is 5.16. The summed E-state index contributed by atoms with van der Waals surface area (Å²) in [6, 6.07) is 0.00855. The molecular weight excluding hydrogens is 258 g/mol. The fourth-order valence-corrected chi connectivity index (χ4v) is 2.62. The fraction of sp³-hybridized carbons (Fsp3) is 0.867. The van der Waals surface area contributed by atoms with Gasteiger partial charge in [-0.1, -0.05) is 13.3 Å². The van der Waals surface area contributed by atoms with Gasteiger partial charge in [-0.3, -0.25) is 9.59 Å². The van der Waals surface area contributed by atoms with Crippen LogP contribution in [0.3, 0.4) is 0 Å². The molecule has 2 unspecified atom stereocenters. The quantitative estimate of drug-likeness (QED) is 0.655. The molecule has 0 aromatic heterocycles. The zero-order chi connectivity index (χ0) is 15.0. The van der Waals surface area contributed by atoms with E-state index in [1.165, 1.54) is 0 Å². The van der Waals surface area contributed by atoms with Gasteiger partial charge in [0.05, 0.1) is 19.3 Å². The van der Waals surface area contributed by atoms with E-state index in [4.69, 9.17) is 4.74 Å². The number of nitrogens with zero attached hydrogens (tertiary/aromatic N) is 1. The highest BCUT2D eigenvalue weighted by atomic mass is 16.5. The van der Waals surface area contributed by atoms with Gasteiger partial charge in [0, 0.05) is 19.4 Å². The molecule has 0 aromatic rings. The van der Waals surface area contributed by atoms with Crippen LogP contribution in [0.1, 0.15) is 52.4 Å². The predicted molar refractivity (Wildman–Crippen MR) is 76.1 cm³/mol. The van der Waals surface area contributed by atoms with Crippen molar-refractivity contribution >= 4 is 11.9 Å². The van der Waals surface area contributed by atoms with Gasteiger partial charge in [-0.2, -0.15) is 0 Å². The molecule has 0 spiro atoms. The van der Waals surface area contributed by atoms with Crippen LogP contribution in [-0.4, -0.2) is 47.7 Å². The Labute approximate surface area is 121 Å². The van der Waals surface area contributed by atoms with Crippen LogP contribution in [0.2, 0.25) is 0 Å². The van der Waals surface area contributed by atoms with Crippen LogP contribution in [0.4, 0.5) is 0 Å². The van der Waals surface area contributed by atoms with E-state index < -0.39 is 0 Å². The number of hydrogen-bond donors (Lipinski definition) is 1. The normalized spacial score (nSPS) is 20.2. The summed E-state index contributed by atoms with van der Waals surface area (Å²) in [7, 11) is 0. The summed E-state index contributed by atoms with van der Waals surface area (Å²) in [6.07, 6.45) is 4.52. The molecule has 20 heavy (non-hydrogen) atoms. The number of likely N-dealkylation sites (tertiary alicyclic amines) is 1. The Hall–Kier alpha value is -1.10. The van der Waals surface area contributed by atoms with Crippen molar-refractivity contribution in [1.29, 1.82) is 0 Å². The van der Waals surface area contributed by atoms with Crippen molar-refractivity contribution < 1.29 is 19.4 Å². The minimum Gasteiger partial charge on any atom is -0.466 e. The molecule has 0 aromatic carbocycles. The van der Waals surface area contributed by atoms with Crippen LogP contribution in [0.15, 0.2) is 0 Å². The van der Waals surface area contributed by atoms with E-state index in [-0.39, 0.29) is 24.5 Å². The molecule has 1 aliphatic rings. The maximum absolute atomic E-state index is 11.7. The lowest BCUT2D eigenvalue weighted by Crippen LogP contribution is -2.36. The standard InChI is InChI=1S/C15H27NO4/c1-3-20-15(19)6-4-5-12(2)9-10-16-13(11-17)7-8-14(16)18/h12-13,17H,3-11H2,1-2H3. The maximum atomic E-state index is 11.7. The molecule has 5 nitrogen and oxygen atoms in total. The second-order valence-corrected chi connectivity index (χ2v) is 5.55. The summed E-state index contributed by atoms with van der Waals surface area (Å²) < 4.78 is 4.89. The topological polar surface area (TPSA) is 66.8 Å². The molecular formula is C15H27NO4. The lowest BCUT2D eigenvalue weighted by Gasteiger charge is -2.24. The molecule has 1 fully saturated rings. The van der Waals surface area contributed by atoms with E-state index in [0.29, 0.717) is 31.9 Å². The molecule has 5 heteroatoms. The van der Waals surface area contributed by atoms with Gasteiger partial charge in [0.1, 0.15) is 0 Å². The molecule has 0 radical (unpaired) electrons. The first kappa shape index (κ1) is 17.0. The van der Waals surface area contributed by atoms with Crippen molar-refractivity contribution in [3.05, 3.63) is 0 Å². The molecule has 116 valence electrons. The Morgan fingerprint density at radius 3 is 2.90 bits per heavy atom. The van der Waals surface area contributed by atoms with Crippen LogP contribution in [-0.2, 0) is 14.3 Å². The van der Waals surface area contributed by atoms with Crippen molar-refractivity contribution in [2.75, 3.05) is 19.8 Å². The van der Waals surface area contributed by atoms with E-state index in [0.717, 1.165) is 25.7 Å². The molecule has 2 atom stereocenters. The van der Waals surface area contributed by atoms with Crippen LogP contribution < -0.4 is 0 Å². The van der Waals surface area contributed by atoms with E-state index in [9.17, 15) is 14.7 Å². The average Bonchev–Trinajstić information content (AvgIpc) is 2.77. The van der Waals surface area contributed by atoms with Gasteiger partial charge in [0.25, 0.3) is 0 Å². The second-order valence-electron chi connectivity index (χ2n) is 5.55. The predicted octanol–water partition coefficient (Wildman–Crippen LogP) is 1.73. The van der Waals surface area contributed by atoms with Gasteiger partial charge < -0.3 is 14.7 Å². The van der Waals surface area contributed by atoms with Crippen LogP contribution in [0, 0.1) is 5.92 Å². The number of carbonyl (C=O) groups is 2. The van der Waals surface area contributed by atoms with Crippen LogP contribution in [0.5, 0.6) is 0 Å². The molecule has 1 saturated heterocycles. The first-order chi connectivity index (χ1) is 9.58. The Morgan fingerprint density at radius 1 is 1.50 bits per heavy atom. The molecule has 0 bridgehead atoms. The van der Waals surface area contributed by atoms with Crippen molar-refractivity contribution in [2.24, 2.45) is 5.92 Å². The van der Waals surface area contributed by atoms with Crippen molar-refractivity contribution in [2.45, 2.75) is 58.4 Å². The minimum absolute atomic E-state index is 0.00855. The highest BCUT2D eigenvalue weighted by molar-refractivity contribution is 5.78. The summed E-state index contributed by atoms with van der Waals surface area (Å²) in [5.74, 6) is 0.495. The zero-order valence-electron chi connectivity index (χ0n) is 12.6. The Kier molecular flexibility index (Phi) is 7.59. The molecule has 1 aliphatic heterocycles. The molecule has 0 aliphatic carbocycles. The maximum Gasteiger partial charge on any atom is 0.305 e. The van der Waals surface area contributed by atoms with Crippen molar-refractivity contribution in [1.82, 2.24) is 4.90 Å². The van der Waals surface area contributed by atoms with E-state index in [1.807, 2.05) is 11.8 Å². The number of hydrogen-bond acceptors (Lipinski definition) is 4. The molecule has 1 rings (SSSR count). The summed E-state index contributed by atoms with van der Waals surface area (Å²) >= 11 is 0. The fourth-order valence-electron chi connectivity index (χ4n) is 2.62. The number of esters is 1. The first-order valence-corrected chi connectivity index (χ1v) is 7.64. The third-order valence-corrected chi connectivity index (χ3v) is 3.91. The van der Waals surface area contributed by atoms with Gasteiger partial charge in [0.2, 0.25) is 5.91 Å². The highest BCUT2D eigenvalue weighted by Crippen LogP contribution is 2.21. The molecule has 0 saturated carbocycles. The Balaban J connectivity index is 2.17. The smallest absolute Gasteiger partial charge is 0.305 e. The SMILES string of the molecule is CCOC(=O)CCCC(C)CCN1C(=O)CCC1CO. The molecule has 1 heterocycles. The van der Waals surface area contributed by atoms with Crippen LogP contribution >= 0.6 is 0 Å². The first-order valence-electron chi connectivity index (χ1n) is 7.64. The zero-order valence-corrected chi connectivity index (χ0v) is 12.6. The number of aliphatic hydroxyl groups excluding tert-OH is 1. The van der Waals surface area contributed by atoms with Gasteiger partial charge in [-0.25, -0.2) is 0 Å².